The molecule has 3 aromatic rings. The Morgan fingerprint density at radius 1 is 0.926 bits per heavy atom. The number of hydrogen-bond acceptors (Lipinski definition) is 7. The highest BCUT2D eigenvalue weighted by atomic mass is 19.1. The molecule has 0 saturated carbocycles. The molecule has 0 radical (unpaired) electrons. The van der Waals surface area contributed by atoms with Gasteiger partial charge in [0.1, 0.15) is 5.82 Å². The van der Waals surface area contributed by atoms with Crippen LogP contribution in [0.15, 0.2) is 65.7 Å². The second kappa shape index (κ2) is 20.7. The van der Waals surface area contributed by atoms with Gasteiger partial charge in [0.15, 0.2) is 23.2 Å². The van der Waals surface area contributed by atoms with E-state index in [2.05, 4.69) is 20.7 Å². The molecule has 0 aliphatic heterocycles. The minimum absolute atomic E-state index is 0.00164. The second-order valence-corrected chi connectivity index (χ2v) is 14.3. The quantitative estimate of drug-likeness (QED) is 0.0555. The third-order valence-corrected chi connectivity index (χ3v) is 9.37. The Balaban J connectivity index is 1.82. The summed E-state index contributed by atoms with van der Waals surface area (Å²) in [5.74, 6) is -5.75. The zero-order chi connectivity index (χ0) is 39.9. The number of rotatable bonds is 22. The zero-order valence-electron chi connectivity index (χ0n) is 31.8. The molecule has 7 N–H and O–H groups in total. The first-order valence-corrected chi connectivity index (χ1v) is 18.4. The molecule has 0 fully saturated rings. The number of halogens is 1. The number of aryl methyl sites for hydroxylation is 1. The molecule has 2 aromatic carbocycles. The van der Waals surface area contributed by atoms with E-state index in [4.69, 9.17) is 11.5 Å². The van der Waals surface area contributed by atoms with Crippen molar-refractivity contribution in [1.82, 2.24) is 20.4 Å². The van der Waals surface area contributed by atoms with Crippen LogP contribution in [0, 0.1) is 36.4 Å². The van der Waals surface area contributed by atoms with Gasteiger partial charge in [-0.3, -0.25) is 29.0 Å². The van der Waals surface area contributed by atoms with Gasteiger partial charge < -0.3 is 27.2 Å². The molecule has 292 valence electrons. The summed E-state index contributed by atoms with van der Waals surface area (Å²) in [7, 11) is 0. The molecular weight excluding hydrogens is 693 g/mol. The highest BCUT2D eigenvalue weighted by Crippen LogP contribution is 2.23. The summed E-state index contributed by atoms with van der Waals surface area (Å²) in [6.07, 6.45) is 1.01. The number of ketones is 2. The fourth-order valence-corrected chi connectivity index (χ4v) is 6.30. The maximum absolute atomic E-state index is 14.0. The highest BCUT2D eigenvalue weighted by Gasteiger charge is 2.34. The van der Waals surface area contributed by atoms with Crippen LogP contribution in [0.1, 0.15) is 88.0 Å². The van der Waals surface area contributed by atoms with E-state index >= 15 is 0 Å². The normalized spacial score (nSPS) is 14.0. The van der Waals surface area contributed by atoms with Crippen molar-refractivity contribution in [2.24, 2.45) is 40.1 Å². The number of carboxylic acids is 1. The van der Waals surface area contributed by atoms with Crippen LogP contribution in [0.25, 0.3) is 5.69 Å². The van der Waals surface area contributed by atoms with Crippen molar-refractivity contribution < 1.29 is 33.5 Å². The van der Waals surface area contributed by atoms with Crippen LogP contribution in [0.5, 0.6) is 0 Å². The Morgan fingerprint density at radius 3 is 2.22 bits per heavy atom. The molecule has 0 aliphatic rings. The molecule has 1 aromatic heterocycles. The number of carbonyl (C=O) groups excluding carboxylic acids is 4. The number of nitrogens with one attached hydrogen (secondary N) is 2. The number of aliphatic carboxylic acids is 1. The van der Waals surface area contributed by atoms with Crippen LogP contribution in [0.3, 0.4) is 0 Å². The van der Waals surface area contributed by atoms with E-state index in [1.54, 1.807) is 37.3 Å². The molecule has 0 aliphatic carbocycles. The van der Waals surface area contributed by atoms with Gasteiger partial charge in [-0.25, -0.2) is 9.07 Å². The van der Waals surface area contributed by atoms with Crippen LogP contribution in [-0.2, 0) is 25.6 Å². The first kappa shape index (κ1) is 43.0. The lowest BCUT2D eigenvalue weighted by molar-refractivity contribution is -0.144. The third kappa shape index (κ3) is 13.2. The average Bonchev–Trinajstić information content (AvgIpc) is 3.52. The standard InChI is InChI=1S/C40H54FN7O6/c1-6-25(4)36(35(50)22-29(39(53)54)20-27-12-8-7-9-13-27)46-37(51)28(18-24(2)3)21-34(49)32(16-11-17-44-40(42)43)45-38(52)33-19-26(5)48(47-33)31-15-10-14-30(41)23-31/h7-10,12-15,19,23-25,28-29,32,36H,6,11,16-18,20-22H2,1-5H3,(H,45,52)(H,46,51)(H,53,54)(H4,42,43,44)/t25-,28+,29+,32-,36-/m0/s1. The number of hydrogen-bond donors (Lipinski definition) is 5. The van der Waals surface area contributed by atoms with Gasteiger partial charge >= 0.3 is 5.97 Å². The third-order valence-electron chi connectivity index (χ3n) is 9.37. The molecule has 0 saturated heterocycles. The number of nitrogens with two attached hydrogens (primary N) is 2. The molecule has 5 atom stereocenters. The topological polar surface area (TPSA) is 212 Å². The number of nitrogens with zero attached hydrogens (tertiary/aromatic N) is 3. The molecule has 3 rings (SSSR count). The highest BCUT2D eigenvalue weighted by molar-refractivity contribution is 5.98. The number of benzene rings is 2. The second-order valence-electron chi connectivity index (χ2n) is 14.3. The van der Waals surface area contributed by atoms with Crippen LogP contribution in [0.4, 0.5) is 4.39 Å². The van der Waals surface area contributed by atoms with E-state index < -0.39 is 59.1 Å². The van der Waals surface area contributed by atoms with E-state index in [1.807, 2.05) is 33.8 Å². The number of carbonyl (C=O) groups is 5. The number of amides is 2. The van der Waals surface area contributed by atoms with Gasteiger partial charge in [-0.15, -0.1) is 0 Å². The van der Waals surface area contributed by atoms with Gasteiger partial charge in [-0.2, -0.15) is 5.10 Å². The first-order valence-electron chi connectivity index (χ1n) is 18.4. The Labute approximate surface area is 316 Å². The van der Waals surface area contributed by atoms with Gasteiger partial charge in [0.05, 0.1) is 23.7 Å². The molecular formula is C40H54FN7O6. The molecule has 13 nitrogen and oxygen atoms in total. The van der Waals surface area contributed by atoms with E-state index in [0.29, 0.717) is 30.6 Å². The fraction of sp³-hybridized carbons (Fsp3) is 0.475. The Hall–Kier alpha value is -5.40. The monoisotopic (exact) mass is 747 g/mol. The van der Waals surface area contributed by atoms with Crippen molar-refractivity contribution in [3.63, 3.8) is 0 Å². The molecule has 0 unspecified atom stereocenters. The number of Topliss-reactive ketones (excluding diaryl/α,β-unsaturated/α-hetero) is 2. The van der Waals surface area contributed by atoms with Crippen molar-refractivity contribution in [2.75, 3.05) is 6.54 Å². The van der Waals surface area contributed by atoms with E-state index in [-0.39, 0.29) is 55.7 Å². The van der Waals surface area contributed by atoms with Gasteiger partial charge in [0, 0.05) is 31.0 Å². The largest absolute Gasteiger partial charge is 0.481 e. The Bertz CT molecular complexity index is 1770. The maximum Gasteiger partial charge on any atom is 0.307 e. The smallest absolute Gasteiger partial charge is 0.307 e. The van der Waals surface area contributed by atoms with Crippen molar-refractivity contribution in [2.45, 2.75) is 91.6 Å². The van der Waals surface area contributed by atoms with Crippen LogP contribution >= 0.6 is 0 Å². The number of aromatic nitrogens is 2. The fourth-order valence-electron chi connectivity index (χ4n) is 6.30. The minimum Gasteiger partial charge on any atom is -0.481 e. The molecule has 2 amide bonds. The number of aliphatic imine (C=N–C) groups is 1. The van der Waals surface area contributed by atoms with Crippen LogP contribution in [-0.4, -0.2) is 68.8 Å². The van der Waals surface area contributed by atoms with Crippen LogP contribution < -0.4 is 22.1 Å². The summed E-state index contributed by atoms with van der Waals surface area (Å²) in [4.78, 5) is 71.3. The zero-order valence-corrected chi connectivity index (χ0v) is 31.8. The van der Waals surface area contributed by atoms with Gasteiger partial charge in [0.25, 0.3) is 5.91 Å². The predicted molar refractivity (Wildman–Crippen MR) is 204 cm³/mol. The van der Waals surface area contributed by atoms with Crippen LogP contribution in [0.2, 0.25) is 0 Å². The summed E-state index contributed by atoms with van der Waals surface area (Å²) in [6.45, 7) is 9.43. The lowest BCUT2D eigenvalue weighted by Crippen LogP contribution is -2.49. The molecule has 54 heavy (non-hydrogen) atoms. The van der Waals surface area contributed by atoms with Crippen molar-refractivity contribution in [3.8, 4) is 5.69 Å². The SMILES string of the molecule is CC[C@H](C)[C@H](NC(=O)[C@@H](CC(=O)[C@H](CCCN=C(N)N)NC(=O)c1cc(C)n(-c2cccc(F)c2)n1)CC(C)C)C(=O)C[C@@H](Cc1ccccc1)C(=O)O. The molecule has 0 bridgehead atoms. The van der Waals surface area contributed by atoms with Gasteiger partial charge in [-0.1, -0.05) is 70.5 Å². The van der Waals surface area contributed by atoms with E-state index in [1.165, 1.54) is 28.9 Å². The molecule has 0 spiro atoms. The van der Waals surface area contributed by atoms with E-state index in [9.17, 15) is 33.5 Å². The molecule has 1 heterocycles. The summed E-state index contributed by atoms with van der Waals surface area (Å²) >= 11 is 0. The summed E-state index contributed by atoms with van der Waals surface area (Å²) in [6, 6.07) is 14.3. The van der Waals surface area contributed by atoms with Crippen molar-refractivity contribution in [1.29, 1.82) is 0 Å². The summed E-state index contributed by atoms with van der Waals surface area (Å²) in [5, 5.41) is 20.0. The van der Waals surface area contributed by atoms with E-state index in [0.717, 1.165) is 5.56 Å². The minimum atomic E-state index is -1.10. The average molecular weight is 748 g/mol. The predicted octanol–water partition coefficient (Wildman–Crippen LogP) is 4.53. The van der Waals surface area contributed by atoms with Gasteiger partial charge in [0.2, 0.25) is 5.91 Å². The number of guanidine groups is 1. The summed E-state index contributed by atoms with van der Waals surface area (Å²) < 4.78 is 15.3. The Kier molecular flexibility index (Phi) is 16.5. The lowest BCUT2D eigenvalue weighted by atomic mass is 9.85. The lowest BCUT2D eigenvalue weighted by Gasteiger charge is -2.28. The van der Waals surface area contributed by atoms with Crippen molar-refractivity contribution >= 4 is 35.3 Å². The summed E-state index contributed by atoms with van der Waals surface area (Å²) in [5.41, 5.74) is 12.7. The maximum atomic E-state index is 14.0. The first-order chi connectivity index (χ1) is 25.6. The number of carboxylic acid groups (broad SMARTS) is 1. The van der Waals surface area contributed by atoms with Crippen molar-refractivity contribution in [3.05, 3.63) is 83.4 Å². The van der Waals surface area contributed by atoms with Gasteiger partial charge in [-0.05, 0) is 74.3 Å². The Morgan fingerprint density at radius 2 is 1.61 bits per heavy atom. The molecule has 14 heteroatoms.